The highest BCUT2D eigenvalue weighted by atomic mass is 16.5. The average molecular weight is 188 g/mol. The fourth-order valence-corrected chi connectivity index (χ4v) is 1.72. The minimum absolute atomic E-state index is 0.0140. The van der Waals surface area contributed by atoms with Crippen LogP contribution in [-0.4, -0.2) is 5.60 Å². The van der Waals surface area contributed by atoms with E-state index in [1.54, 1.807) is 0 Å². The first kappa shape index (κ1) is 9.32. The van der Waals surface area contributed by atoms with E-state index in [9.17, 15) is 0 Å². The van der Waals surface area contributed by atoms with Crippen molar-refractivity contribution in [2.75, 3.05) is 0 Å². The summed E-state index contributed by atoms with van der Waals surface area (Å²) in [6, 6.07) is 10.3. The molecule has 0 saturated heterocycles. The van der Waals surface area contributed by atoms with Crippen LogP contribution >= 0.6 is 0 Å². The van der Waals surface area contributed by atoms with E-state index in [1.807, 2.05) is 18.2 Å². The second-order valence-electron chi connectivity index (χ2n) is 4.33. The second-order valence-corrected chi connectivity index (χ2v) is 4.33. The smallest absolute Gasteiger partial charge is 0.123 e. The number of benzene rings is 1. The van der Waals surface area contributed by atoms with E-state index in [0.717, 1.165) is 18.6 Å². The van der Waals surface area contributed by atoms with Crippen molar-refractivity contribution in [2.45, 2.75) is 32.3 Å². The summed E-state index contributed by atoms with van der Waals surface area (Å²) in [5.74, 6) is 1.03. The Bertz CT molecular complexity index is 336. The Kier molecular flexibility index (Phi) is 2.32. The van der Waals surface area contributed by atoms with Crippen LogP contribution in [0.5, 0.6) is 0 Å². The maximum absolute atomic E-state index is 5.92. The summed E-state index contributed by atoms with van der Waals surface area (Å²) in [4.78, 5) is 0. The third kappa shape index (κ3) is 1.98. The van der Waals surface area contributed by atoms with Crippen LogP contribution in [0.25, 0.3) is 5.76 Å². The van der Waals surface area contributed by atoms with Crippen molar-refractivity contribution in [3.05, 3.63) is 42.0 Å². The molecule has 0 bridgehead atoms. The average Bonchev–Trinajstić information content (AvgIpc) is 2.18. The molecule has 1 aliphatic rings. The minimum atomic E-state index is -0.0140. The molecule has 1 aromatic rings. The van der Waals surface area contributed by atoms with Crippen LogP contribution in [-0.2, 0) is 4.74 Å². The Balaban J connectivity index is 2.24. The summed E-state index contributed by atoms with van der Waals surface area (Å²) < 4.78 is 5.92. The fraction of sp³-hybridized carbons (Fsp3) is 0.385. The van der Waals surface area contributed by atoms with Gasteiger partial charge in [0.25, 0.3) is 0 Å². The van der Waals surface area contributed by atoms with Gasteiger partial charge in [0.2, 0.25) is 0 Å². The number of ether oxygens (including phenoxy) is 1. The molecule has 1 aromatic carbocycles. The molecule has 0 atom stereocenters. The van der Waals surface area contributed by atoms with Crippen LogP contribution in [0.3, 0.4) is 0 Å². The van der Waals surface area contributed by atoms with E-state index in [1.165, 1.54) is 5.56 Å². The van der Waals surface area contributed by atoms with E-state index < -0.39 is 0 Å². The van der Waals surface area contributed by atoms with Crippen LogP contribution in [0.1, 0.15) is 32.3 Å². The summed E-state index contributed by atoms with van der Waals surface area (Å²) in [5.41, 5.74) is 1.17. The van der Waals surface area contributed by atoms with Gasteiger partial charge in [-0.1, -0.05) is 30.3 Å². The molecule has 2 rings (SSSR count). The minimum Gasteiger partial charge on any atom is -0.488 e. The summed E-state index contributed by atoms with van der Waals surface area (Å²) >= 11 is 0. The van der Waals surface area contributed by atoms with E-state index in [0.29, 0.717) is 0 Å². The standard InChI is InChI=1S/C13H16O/c1-13(2)10-6-9-12(14-13)11-7-4-3-5-8-11/h3-5,7-9H,6,10H2,1-2H3. The lowest BCUT2D eigenvalue weighted by Gasteiger charge is -2.31. The third-order valence-electron chi connectivity index (χ3n) is 2.52. The maximum atomic E-state index is 5.92. The van der Waals surface area contributed by atoms with Gasteiger partial charge in [-0.05, 0) is 32.8 Å². The monoisotopic (exact) mass is 188 g/mol. The molecule has 14 heavy (non-hydrogen) atoms. The first-order chi connectivity index (χ1) is 6.67. The van der Waals surface area contributed by atoms with Crippen LogP contribution < -0.4 is 0 Å². The van der Waals surface area contributed by atoms with Gasteiger partial charge < -0.3 is 4.74 Å². The van der Waals surface area contributed by atoms with Gasteiger partial charge >= 0.3 is 0 Å². The largest absolute Gasteiger partial charge is 0.488 e. The first-order valence-electron chi connectivity index (χ1n) is 5.12. The summed E-state index contributed by atoms with van der Waals surface area (Å²) in [6.45, 7) is 4.28. The predicted octanol–water partition coefficient (Wildman–Crippen LogP) is 3.62. The zero-order chi connectivity index (χ0) is 10.0. The molecular weight excluding hydrogens is 172 g/mol. The first-order valence-corrected chi connectivity index (χ1v) is 5.12. The summed E-state index contributed by atoms with van der Waals surface area (Å²) in [5, 5.41) is 0. The third-order valence-corrected chi connectivity index (χ3v) is 2.52. The number of rotatable bonds is 1. The zero-order valence-corrected chi connectivity index (χ0v) is 8.79. The van der Waals surface area contributed by atoms with Gasteiger partial charge in [0.05, 0.1) is 0 Å². The molecular formula is C13H16O. The Morgan fingerprint density at radius 3 is 2.50 bits per heavy atom. The van der Waals surface area contributed by atoms with Gasteiger partial charge in [-0.2, -0.15) is 0 Å². The summed E-state index contributed by atoms with van der Waals surface area (Å²) in [7, 11) is 0. The molecule has 0 N–H and O–H groups in total. The van der Waals surface area contributed by atoms with Gasteiger partial charge in [0, 0.05) is 5.56 Å². The molecule has 74 valence electrons. The van der Waals surface area contributed by atoms with Gasteiger partial charge in [-0.25, -0.2) is 0 Å². The molecule has 1 heteroatoms. The van der Waals surface area contributed by atoms with E-state index >= 15 is 0 Å². The zero-order valence-electron chi connectivity index (χ0n) is 8.79. The van der Waals surface area contributed by atoms with Crippen molar-refractivity contribution in [3.8, 4) is 0 Å². The Hall–Kier alpha value is -1.24. The topological polar surface area (TPSA) is 9.23 Å². The number of allylic oxidation sites excluding steroid dienone is 1. The number of hydrogen-bond donors (Lipinski definition) is 0. The molecule has 0 fully saturated rings. The lowest BCUT2D eigenvalue weighted by Crippen LogP contribution is -2.25. The van der Waals surface area contributed by atoms with Crippen molar-refractivity contribution in [1.29, 1.82) is 0 Å². The quantitative estimate of drug-likeness (QED) is 0.654. The molecule has 1 aliphatic heterocycles. The molecule has 0 amide bonds. The van der Waals surface area contributed by atoms with Gasteiger partial charge in [-0.3, -0.25) is 0 Å². The van der Waals surface area contributed by atoms with E-state index in [2.05, 4.69) is 32.1 Å². The van der Waals surface area contributed by atoms with Crippen molar-refractivity contribution in [2.24, 2.45) is 0 Å². The van der Waals surface area contributed by atoms with Crippen LogP contribution in [0.4, 0.5) is 0 Å². The lowest BCUT2D eigenvalue weighted by atomic mass is 9.98. The van der Waals surface area contributed by atoms with Crippen LogP contribution in [0.2, 0.25) is 0 Å². The number of hydrogen-bond acceptors (Lipinski definition) is 1. The van der Waals surface area contributed by atoms with Crippen LogP contribution in [0.15, 0.2) is 36.4 Å². The maximum Gasteiger partial charge on any atom is 0.123 e. The molecule has 0 spiro atoms. The molecule has 0 aliphatic carbocycles. The molecule has 1 nitrogen and oxygen atoms in total. The Labute approximate surface area is 85.4 Å². The predicted molar refractivity (Wildman–Crippen MR) is 58.8 cm³/mol. The molecule has 1 heterocycles. The molecule has 0 radical (unpaired) electrons. The van der Waals surface area contributed by atoms with Crippen molar-refractivity contribution in [1.82, 2.24) is 0 Å². The van der Waals surface area contributed by atoms with E-state index in [-0.39, 0.29) is 5.60 Å². The molecule has 0 unspecified atom stereocenters. The van der Waals surface area contributed by atoms with Crippen molar-refractivity contribution < 1.29 is 4.74 Å². The highest BCUT2D eigenvalue weighted by molar-refractivity contribution is 5.60. The normalized spacial score (nSPS) is 19.7. The second kappa shape index (κ2) is 3.49. The Morgan fingerprint density at radius 1 is 1.14 bits per heavy atom. The summed E-state index contributed by atoms with van der Waals surface area (Å²) in [6.07, 6.45) is 4.39. The fourth-order valence-electron chi connectivity index (χ4n) is 1.72. The van der Waals surface area contributed by atoms with Crippen LogP contribution in [0, 0.1) is 0 Å². The molecule has 0 aromatic heterocycles. The lowest BCUT2D eigenvalue weighted by molar-refractivity contribution is 0.0594. The molecule has 0 saturated carbocycles. The van der Waals surface area contributed by atoms with Crippen molar-refractivity contribution >= 4 is 5.76 Å². The van der Waals surface area contributed by atoms with Gasteiger partial charge in [0.1, 0.15) is 11.4 Å². The van der Waals surface area contributed by atoms with Gasteiger partial charge in [0.15, 0.2) is 0 Å². The highest BCUT2D eigenvalue weighted by Gasteiger charge is 2.24. The van der Waals surface area contributed by atoms with Gasteiger partial charge in [-0.15, -0.1) is 0 Å². The van der Waals surface area contributed by atoms with E-state index in [4.69, 9.17) is 4.74 Å². The Morgan fingerprint density at radius 2 is 1.86 bits per heavy atom. The van der Waals surface area contributed by atoms with Crippen molar-refractivity contribution in [3.63, 3.8) is 0 Å². The highest BCUT2D eigenvalue weighted by Crippen LogP contribution is 2.31. The SMILES string of the molecule is CC1(C)CCC=C(c2ccccc2)O1.